The van der Waals surface area contributed by atoms with E-state index in [2.05, 4.69) is 25.5 Å². The number of carbonyl (C=O) groups excluding carboxylic acids is 1. The van der Waals surface area contributed by atoms with Crippen LogP contribution in [0.15, 0.2) is 42.9 Å². The normalized spacial score (nSPS) is 11.7. The molecule has 1 amide bonds. The maximum absolute atomic E-state index is 14.7. The van der Waals surface area contributed by atoms with Gasteiger partial charge in [-0.25, -0.2) is 13.8 Å². The number of benzene rings is 1. The number of hydrogen-bond donors (Lipinski definition) is 2. The number of nitrogens with zero attached hydrogens (tertiary/aromatic N) is 3. The first-order valence-corrected chi connectivity index (χ1v) is 9.23. The summed E-state index contributed by atoms with van der Waals surface area (Å²) in [5.74, 6) is -2.45. The lowest BCUT2D eigenvalue weighted by atomic mass is 10.0. The monoisotopic (exact) mass is 447 g/mol. The topological polar surface area (TPSA) is 83.6 Å². The fourth-order valence-corrected chi connectivity index (χ4v) is 3.15. The Morgan fingerprint density at radius 2 is 1.84 bits per heavy atom. The summed E-state index contributed by atoms with van der Waals surface area (Å²) >= 11 is 0. The maximum atomic E-state index is 14.7. The molecule has 32 heavy (non-hydrogen) atoms. The smallest absolute Gasteiger partial charge is 0.324 e. The Bertz CT molecular complexity index is 1330. The quantitative estimate of drug-likeness (QED) is 0.440. The molecule has 4 aromatic rings. The number of halogens is 5. The maximum Gasteiger partial charge on any atom is 0.417 e. The summed E-state index contributed by atoms with van der Waals surface area (Å²) in [6.45, 7) is 1.76. The molecule has 3 heterocycles. The number of nitrogens with one attached hydrogen (secondary N) is 2. The van der Waals surface area contributed by atoms with Crippen LogP contribution in [0, 0.1) is 18.6 Å². The molecular weight excluding hydrogens is 433 g/mol. The second kappa shape index (κ2) is 7.98. The van der Waals surface area contributed by atoms with Gasteiger partial charge in [0.05, 0.1) is 23.9 Å². The molecule has 0 saturated heterocycles. The van der Waals surface area contributed by atoms with E-state index in [1.807, 2.05) is 0 Å². The van der Waals surface area contributed by atoms with Gasteiger partial charge in [-0.05, 0) is 31.2 Å². The fourth-order valence-electron chi connectivity index (χ4n) is 3.15. The molecule has 4 rings (SSSR count). The van der Waals surface area contributed by atoms with Crippen LogP contribution in [0.3, 0.4) is 0 Å². The molecule has 1 aromatic carbocycles. The van der Waals surface area contributed by atoms with Crippen molar-refractivity contribution in [1.82, 2.24) is 20.2 Å². The summed E-state index contributed by atoms with van der Waals surface area (Å²) < 4.78 is 67.6. The minimum atomic E-state index is -4.63. The minimum absolute atomic E-state index is 0.0521. The van der Waals surface area contributed by atoms with E-state index < -0.39 is 35.7 Å². The molecule has 0 aliphatic rings. The van der Waals surface area contributed by atoms with Gasteiger partial charge < -0.3 is 5.32 Å². The molecule has 0 saturated carbocycles. The number of aryl methyl sites for hydroxylation is 1. The van der Waals surface area contributed by atoms with E-state index in [1.165, 1.54) is 6.20 Å². The fraction of sp³-hybridized carbons (Fsp3) is 0.143. The van der Waals surface area contributed by atoms with Crippen LogP contribution in [0.25, 0.3) is 22.2 Å². The third-order valence-electron chi connectivity index (χ3n) is 4.75. The summed E-state index contributed by atoms with van der Waals surface area (Å²) in [5, 5.41) is 9.59. The van der Waals surface area contributed by atoms with Crippen molar-refractivity contribution in [2.24, 2.45) is 0 Å². The lowest BCUT2D eigenvalue weighted by Gasteiger charge is -2.11. The molecule has 0 aliphatic heterocycles. The molecule has 0 unspecified atom stereocenters. The summed E-state index contributed by atoms with van der Waals surface area (Å²) in [7, 11) is 0. The number of anilines is 1. The van der Waals surface area contributed by atoms with Crippen LogP contribution in [0.2, 0.25) is 0 Å². The van der Waals surface area contributed by atoms with E-state index in [0.717, 1.165) is 18.3 Å². The van der Waals surface area contributed by atoms with Gasteiger partial charge in [0.1, 0.15) is 11.6 Å². The first-order chi connectivity index (χ1) is 15.1. The first kappa shape index (κ1) is 21.3. The van der Waals surface area contributed by atoms with Crippen LogP contribution in [-0.2, 0) is 17.4 Å². The molecule has 0 radical (unpaired) electrons. The van der Waals surface area contributed by atoms with Gasteiger partial charge in [0.2, 0.25) is 5.91 Å². The van der Waals surface area contributed by atoms with Gasteiger partial charge >= 0.3 is 6.18 Å². The van der Waals surface area contributed by atoms with Crippen LogP contribution in [-0.4, -0.2) is 26.1 Å². The van der Waals surface area contributed by atoms with Crippen molar-refractivity contribution in [1.29, 1.82) is 0 Å². The van der Waals surface area contributed by atoms with Crippen LogP contribution in [0.1, 0.15) is 16.8 Å². The molecule has 0 bridgehead atoms. The van der Waals surface area contributed by atoms with Crippen molar-refractivity contribution < 1.29 is 26.7 Å². The number of hydrogen-bond acceptors (Lipinski definition) is 4. The van der Waals surface area contributed by atoms with Crippen LogP contribution < -0.4 is 5.32 Å². The molecule has 0 aliphatic carbocycles. The van der Waals surface area contributed by atoms with E-state index in [4.69, 9.17) is 0 Å². The van der Waals surface area contributed by atoms with Gasteiger partial charge in [-0.15, -0.1) is 0 Å². The largest absolute Gasteiger partial charge is 0.417 e. The highest BCUT2D eigenvalue weighted by atomic mass is 19.4. The second-order valence-corrected chi connectivity index (χ2v) is 7.05. The van der Waals surface area contributed by atoms with Crippen LogP contribution in [0.5, 0.6) is 0 Å². The molecule has 0 fully saturated rings. The third kappa shape index (κ3) is 4.27. The average Bonchev–Trinajstić information content (AvgIpc) is 3.10. The van der Waals surface area contributed by atoms with Gasteiger partial charge in [-0.2, -0.15) is 18.3 Å². The Kier molecular flexibility index (Phi) is 5.33. The highest BCUT2D eigenvalue weighted by molar-refractivity contribution is 5.92. The summed E-state index contributed by atoms with van der Waals surface area (Å²) in [6.07, 6.45) is -2.23. The van der Waals surface area contributed by atoms with E-state index in [-0.39, 0.29) is 16.8 Å². The highest BCUT2D eigenvalue weighted by Gasteiger charge is 2.31. The predicted octanol–water partition coefficient (Wildman–Crippen LogP) is 4.81. The van der Waals surface area contributed by atoms with Crippen molar-refractivity contribution in [2.75, 3.05) is 5.32 Å². The summed E-state index contributed by atoms with van der Waals surface area (Å²) in [4.78, 5) is 19.7. The number of alkyl halides is 3. The summed E-state index contributed by atoms with van der Waals surface area (Å²) in [6, 6.07) is 4.14. The number of H-pyrrole nitrogens is 1. The zero-order valence-electron chi connectivity index (χ0n) is 16.4. The van der Waals surface area contributed by atoms with Crippen molar-refractivity contribution >= 4 is 22.6 Å². The standard InChI is InChI=1S/C21H14F5N5O/c1-10-15-2-12(7-28-20(15)31-30-10)16-6-17(22)11(3-18(16)23)4-19(32)29-14-5-13(8-27-9-14)21(24,25)26/h2-3,5-9H,4H2,1H3,(H,29,32)(H,28,30,31). The predicted molar refractivity (Wildman–Crippen MR) is 106 cm³/mol. The van der Waals surface area contributed by atoms with E-state index in [0.29, 0.717) is 34.6 Å². The molecule has 6 nitrogen and oxygen atoms in total. The zero-order chi connectivity index (χ0) is 23.0. The third-order valence-corrected chi connectivity index (χ3v) is 4.75. The minimum Gasteiger partial charge on any atom is -0.324 e. The molecule has 3 aromatic heterocycles. The van der Waals surface area contributed by atoms with Gasteiger partial charge in [-0.1, -0.05) is 0 Å². The Hall–Kier alpha value is -3.89. The number of carbonyl (C=O) groups is 1. The van der Waals surface area contributed by atoms with Gasteiger partial charge in [-0.3, -0.25) is 14.9 Å². The number of fused-ring (bicyclic) bond motifs is 1. The SMILES string of the molecule is Cc1[nH]nc2ncc(-c3cc(F)c(CC(=O)Nc4cncc(C(F)(F)F)c4)cc3F)cc12. The highest BCUT2D eigenvalue weighted by Crippen LogP contribution is 2.30. The van der Waals surface area contributed by atoms with Crippen LogP contribution >= 0.6 is 0 Å². The number of aromatic nitrogens is 4. The van der Waals surface area contributed by atoms with E-state index in [9.17, 15) is 26.7 Å². The van der Waals surface area contributed by atoms with E-state index in [1.54, 1.807) is 13.0 Å². The second-order valence-electron chi connectivity index (χ2n) is 7.05. The van der Waals surface area contributed by atoms with Crippen molar-refractivity contribution in [2.45, 2.75) is 19.5 Å². The average molecular weight is 447 g/mol. The van der Waals surface area contributed by atoms with Gasteiger partial charge in [0.25, 0.3) is 0 Å². The summed E-state index contributed by atoms with van der Waals surface area (Å²) in [5.41, 5.74) is -0.0880. The number of amides is 1. The van der Waals surface area contributed by atoms with Crippen molar-refractivity contribution in [3.05, 3.63) is 71.3 Å². The molecule has 2 N–H and O–H groups in total. The Morgan fingerprint density at radius 3 is 2.59 bits per heavy atom. The molecule has 0 spiro atoms. The van der Waals surface area contributed by atoms with Crippen molar-refractivity contribution in [3.8, 4) is 11.1 Å². The Balaban J connectivity index is 1.55. The molecule has 164 valence electrons. The number of pyridine rings is 2. The molecule has 11 heteroatoms. The van der Waals surface area contributed by atoms with Gasteiger partial charge in [0.15, 0.2) is 5.65 Å². The van der Waals surface area contributed by atoms with Gasteiger partial charge in [0, 0.05) is 40.2 Å². The lowest BCUT2D eigenvalue weighted by Crippen LogP contribution is -2.16. The van der Waals surface area contributed by atoms with E-state index >= 15 is 0 Å². The van der Waals surface area contributed by atoms with Crippen LogP contribution in [0.4, 0.5) is 27.6 Å². The zero-order valence-corrected chi connectivity index (χ0v) is 16.4. The first-order valence-electron chi connectivity index (χ1n) is 9.23. The Labute approximate surface area is 177 Å². The molecule has 0 atom stereocenters. The lowest BCUT2D eigenvalue weighted by molar-refractivity contribution is -0.137. The van der Waals surface area contributed by atoms with Crippen molar-refractivity contribution in [3.63, 3.8) is 0 Å². The number of aromatic amines is 1. The number of rotatable bonds is 4. The Morgan fingerprint density at radius 1 is 1.06 bits per heavy atom. The molecular formula is C21H14F5N5O.